The lowest BCUT2D eigenvalue weighted by molar-refractivity contribution is 0.651. The number of nitrogens with zero attached hydrogens (tertiary/aromatic N) is 2. The highest BCUT2D eigenvalue weighted by Gasteiger charge is 2.37. The second kappa shape index (κ2) is 11.6. The molecule has 2 heterocycles. The van der Waals surface area contributed by atoms with Crippen molar-refractivity contribution in [3.63, 3.8) is 0 Å². The van der Waals surface area contributed by atoms with E-state index >= 15 is 0 Å². The minimum Gasteiger partial charge on any atom is -0.313 e. The number of fused-ring (bicyclic) bond motifs is 8. The van der Waals surface area contributed by atoms with Crippen LogP contribution in [0.1, 0.15) is 68.3 Å². The van der Waals surface area contributed by atoms with Crippen molar-refractivity contribution in [2.45, 2.75) is 57.8 Å². The molecular weight excluding hydrogens is 641 g/mol. The largest absolute Gasteiger partial charge is 0.313 e. The molecule has 0 N–H and O–H groups in total. The van der Waals surface area contributed by atoms with Gasteiger partial charge in [-0.25, -0.2) is 0 Å². The van der Waals surface area contributed by atoms with E-state index in [-0.39, 0.29) is 5.41 Å². The number of para-hydroxylation sites is 1. The first-order chi connectivity index (χ1) is 26.1. The van der Waals surface area contributed by atoms with Gasteiger partial charge >= 0.3 is 0 Å². The van der Waals surface area contributed by atoms with Crippen LogP contribution in [0.4, 0.5) is 0 Å². The quantitative estimate of drug-likeness (QED) is 0.175. The Morgan fingerprint density at radius 2 is 1.32 bits per heavy atom. The molecule has 0 radical (unpaired) electrons. The first-order valence-electron chi connectivity index (χ1n) is 19.5. The molecule has 2 heteroatoms. The highest BCUT2D eigenvalue weighted by molar-refractivity contribution is 6.12. The van der Waals surface area contributed by atoms with E-state index in [1.54, 1.807) is 0 Å². The van der Waals surface area contributed by atoms with Crippen LogP contribution in [0.3, 0.4) is 0 Å². The molecule has 7 aromatic rings. The van der Waals surface area contributed by atoms with Gasteiger partial charge in [0, 0.05) is 44.2 Å². The second-order valence-electron chi connectivity index (χ2n) is 15.8. The van der Waals surface area contributed by atoms with Crippen LogP contribution in [0, 0.1) is 0 Å². The molecule has 53 heavy (non-hydrogen) atoms. The SMILES string of the molecule is CC1(C)C2=C(CCC=C2)c2cc(-n3c4ccccc4c4cc(-c5ccccc5-c5cccc6c5c5c(n6C6=CCCC=C6)CCC=C5)ccc43)ccc21. The maximum Gasteiger partial charge on any atom is 0.0543 e. The lowest BCUT2D eigenvalue weighted by atomic mass is 9.80. The summed E-state index contributed by atoms with van der Waals surface area (Å²) in [6, 6.07) is 39.2. The number of rotatable bonds is 4. The molecule has 4 aliphatic rings. The van der Waals surface area contributed by atoms with Crippen LogP contribution in [-0.2, 0) is 11.8 Å². The molecule has 0 unspecified atom stereocenters. The molecule has 11 rings (SSSR count). The molecule has 0 fully saturated rings. The first kappa shape index (κ1) is 30.7. The van der Waals surface area contributed by atoms with Gasteiger partial charge in [-0.1, -0.05) is 117 Å². The number of aromatic nitrogens is 2. The fourth-order valence-electron chi connectivity index (χ4n) is 10.1. The van der Waals surface area contributed by atoms with E-state index in [2.05, 4.69) is 169 Å². The molecule has 0 aliphatic heterocycles. The standard InChI is InChI=1S/C51H42N2/c1-51(2)44-23-11-8-19-38(44)42-32-35(28-29-45(42)51)53-46-24-12-9-20-39(46)43-31-33(27-30-48(43)53)36-17-6-7-18-37(36)40-22-14-26-49-50(40)41-21-10-13-25-47(41)52(49)34-15-4-3-5-16-34/h4,6-7,9-12,14-18,20-24,26-32H,3,5,8,13,19,25H2,1-2H3. The Kier molecular flexibility index (Phi) is 6.71. The minimum absolute atomic E-state index is 0.0377. The van der Waals surface area contributed by atoms with E-state index in [0.29, 0.717) is 0 Å². The fraction of sp³-hybridized carbons (Fsp3) is 0.176. The second-order valence-corrected chi connectivity index (χ2v) is 15.8. The Balaban J connectivity index is 1.09. The van der Waals surface area contributed by atoms with Gasteiger partial charge in [-0.3, -0.25) is 0 Å². The summed E-state index contributed by atoms with van der Waals surface area (Å²) in [7, 11) is 0. The molecule has 0 saturated carbocycles. The highest BCUT2D eigenvalue weighted by Crippen LogP contribution is 2.51. The number of benzene rings is 5. The van der Waals surface area contributed by atoms with Crippen LogP contribution in [0.25, 0.3) is 78.0 Å². The smallest absolute Gasteiger partial charge is 0.0543 e. The molecule has 2 aromatic heterocycles. The van der Waals surface area contributed by atoms with Crippen molar-refractivity contribution >= 4 is 50.1 Å². The van der Waals surface area contributed by atoms with E-state index in [4.69, 9.17) is 0 Å². The van der Waals surface area contributed by atoms with E-state index in [1.165, 1.54) is 99.9 Å². The summed E-state index contributed by atoms with van der Waals surface area (Å²) < 4.78 is 5.03. The third kappa shape index (κ3) is 4.45. The molecule has 4 aliphatic carbocycles. The Labute approximate surface area is 311 Å². The normalized spacial score (nSPS) is 17.1. The summed E-state index contributed by atoms with van der Waals surface area (Å²) in [6.45, 7) is 4.77. The van der Waals surface area contributed by atoms with E-state index in [1.807, 2.05) is 0 Å². The zero-order valence-electron chi connectivity index (χ0n) is 30.5. The summed E-state index contributed by atoms with van der Waals surface area (Å²) in [5.41, 5.74) is 20.2. The van der Waals surface area contributed by atoms with Gasteiger partial charge in [0.15, 0.2) is 0 Å². The maximum absolute atomic E-state index is 2.54. The minimum atomic E-state index is 0.0377. The summed E-state index contributed by atoms with van der Waals surface area (Å²) >= 11 is 0. The van der Waals surface area contributed by atoms with Crippen molar-refractivity contribution in [2.75, 3.05) is 0 Å². The average Bonchev–Trinajstić information content (AvgIpc) is 3.81. The number of allylic oxidation sites excluding steroid dienone is 9. The summed E-state index contributed by atoms with van der Waals surface area (Å²) in [6.07, 6.45) is 23.1. The molecule has 0 amide bonds. The van der Waals surface area contributed by atoms with E-state index < -0.39 is 0 Å². The van der Waals surface area contributed by atoms with Crippen LogP contribution in [0.2, 0.25) is 0 Å². The monoisotopic (exact) mass is 682 g/mol. The molecule has 0 bridgehead atoms. The van der Waals surface area contributed by atoms with Gasteiger partial charge in [0.25, 0.3) is 0 Å². The average molecular weight is 683 g/mol. The number of hydrogen-bond acceptors (Lipinski definition) is 0. The van der Waals surface area contributed by atoms with Gasteiger partial charge < -0.3 is 9.13 Å². The highest BCUT2D eigenvalue weighted by atomic mass is 15.0. The van der Waals surface area contributed by atoms with Gasteiger partial charge in [-0.2, -0.15) is 0 Å². The molecule has 0 spiro atoms. The lowest BCUT2D eigenvalue weighted by Gasteiger charge is -2.24. The molecule has 0 saturated heterocycles. The topological polar surface area (TPSA) is 9.86 Å². The van der Waals surface area contributed by atoms with Gasteiger partial charge in [-0.05, 0) is 126 Å². The van der Waals surface area contributed by atoms with Gasteiger partial charge in [0.1, 0.15) is 0 Å². The molecule has 256 valence electrons. The maximum atomic E-state index is 2.54. The Morgan fingerprint density at radius 1 is 0.547 bits per heavy atom. The van der Waals surface area contributed by atoms with Crippen molar-refractivity contribution in [2.24, 2.45) is 0 Å². The molecule has 0 atom stereocenters. The predicted molar refractivity (Wildman–Crippen MR) is 225 cm³/mol. The molecular formula is C51H42N2. The Hall–Kier alpha value is -5.86. The van der Waals surface area contributed by atoms with Crippen molar-refractivity contribution < 1.29 is 0 Å². The Bertz CT molecular complexity index is 2850. The van der Waals surface area contributed by atoms with Gasteiger partial charge in [-0.15, -0.1) is 0 Å². The van der Waals surface area contributed by atoms with Crippen molar-refractivity contribution in [3.05, 3.63) is 168 Å². The molecule has 5 aromatic carbocycles. The van der Waals surface area contributed by atoms with Crippen molar-refractivity contribution in [3.8, 4) is 27.9 Å². The third-order valence-corrected chi connectivity index (χ3v) is 12.5. The van der Waals surface area contributed by atoms with Crippen LogP contribution >= 0.6 is 0 Å². The summed E-state index contributed by atoms with van der Waals surface area (Å²) in [5, 5.41) is 3.93. The van der Waals surface area contributed by atoms with Crippen LogP contribution < -0.4 is 0 Å². The van der Waals surface area contributed by atoms with Crippen LogP contribution in [-0.4, -0.2) is 9.13 Å². The molecule has 2 nitrogen and oxygen atoms in total. The number of hydrogen-bond donors (Lipinski definition) is 0. The predicted octanol–water partition coefficient (Wildman–Crippen LogP) is 13.6. The summed E-state index contributed by atoms with van der Waals surface area (Å²) in [5.74, 6) is 0. The van der Waals surface area contributed by atoms with Crippen LogP contribution in [0.15, 0.2) is 145 Å². The zero-order chi connectivity index (χ0) is 35.3. The third-order valence-electron chi connectivity index (χ3n) is 12.5. The van der Waals surface area contributed by atoms with Crippen molar-refractivity contribution in [1.29, 1.82) is 0 Å². The van der Waals surface area contributed by atoms with Gasteiger partial charge in [0.05, 0.1) is 16.6 Å². The van der Waals surface area contributed by atoms with E-state index in [9.17, 15) is 0 Å². The fourth-order valence-corrected chi connectivity index (χ4v) is 10.1. The Morgan fingerprint density at radius 3 is 2.23 bits per heavy atom. The van der Waals surface area contributed by atoms with Crippen LogP contribution in [0.5, 0.6) is 0 Å². The first-order valence-corrected chi connectivity index (χ1v) is 19.5. The zero-order valence-corrected chi connectivity index (χ0v) is 30.5. The van der Waals surface area contributed by atoms with E-state index in [0.717, 1.165) is 38.5 Å². The van der Waals surface area contributed by atoms with Crippen molar-refractivity contribution in [1.82, 2.24) is 9.13 Å². The van der Waals surface area contributed by atoms with Gasteiger partial charge in [0.2, 0.25) is 0 Å². The summed E-state index contributed by atoms with van der Waals surface area (Å²) in [4.78, 5) is 0. The lowest BCUT2D eigenvalue weighted by Crippen LogP contribution is -2.16.